The summed E-state index contributed by atoms with van der Waals surface area (Å²) in [5.74, 6) is 2.10. The van der Waals surface area contributed by atoms with E-state index in [-0.39, 0.29) is 23.5 Å². The third-order valence-corrected chi connectivity index (χ3v) is 7.60. The molecule has 3 rings (SSSR count). The zero-order chi connectivity index (χ0) is 21.9. The van der Waals surface area contributed by atoms with Crippen LogP contribution < -0.4 is 4.74 Å². The molecule has 0 saturated heterocycles. The van der Waals surface area contributed by atoms with Crippen LogP contribution in [0, 0.1) is 23.2 Å². The molecule has 0 amide bonds. The van der Waals surface area contributed by atoms with E-state index < -0.39 is 0 Å². The number of unbranched alkanes of at least 4 members (excludes halogenated alkanes) is 4. The minimum Gasteiger partial charge on any atom is -0.508 e. The summed E-state index contributed by atoms with van der Waals surface area (Å²) in [6, 6.07) is 6.33. The number of fused-ring (bicyclic) bond motifs is 3. The Morgan fingerprint density at radius 1 is 1.17 bits per heavy atom. The highest BCUT2D eigenvalue weighted by atomic mass is 16.5. The number of aromatic hydroxyl groups is 1. The van der Waals surface area contributed by atoms with E-state index in [0.717, 1.165) is 68.2 Å². The fourth-order valence-corrected chi connectivity index (χ4v) is 5.66. The highest BCUT2D eigenvalue weighted by Crippen LogP contribution is 2.56. The number of hydrogen-bond acceptors (Lipinski definition) is 4. The van der Waals surface area contributed by atoms with E-state index in [2.05, 4.69) is 39.8 Å². The molecule has 2 N–H and O–H groups in total. The van der Waals surface area contributed by atoms with E-state index in [9.17, 15) is 10.2 Å². The van der Waals surface area contributed by atoms with Crippen molar-refractivity contribution in [2.75, 3.05) is 6.61 Å². The number of rotatable bonds is 8. The maximum Gasteiger partial charge on any atom is 0.127 e. The smallest absolute Gasteiger partial charge is 0.127 e. The average molecular weight is 414 g/mol. The Hall–Kier alpha value is -1.73. The van der Waals surface area contributed by atoms with Gasteiger partial charge in [-0.3, -0.25) is 0 Å². The largest absolute Gasteiger partial charge is 0.508 e. The third-order valence-electron chi connectivity index (χ3n) is 7.60. The van der Waals surface area contributed by atoms with Gasteiger partial charge in [-0.2, -0.15) is 5.26 Å². The molecule has 4 nitrogen and oxygen atoms in total. The first kappa shape index (κ1) is 22.9. The number of nitrogens with zero attached hydrogens (tertiary/aromatic N) is 1. The molecule has 1 saturated carbocycles. The average Bonchev–Trinajstić information content (AvgIpc) is 2.69. The summed E-state index contributed by atoms with van der Waals surface area (Å²) in [6.45, 7) is 9.04. The summed E-state index contributed by atoms with van der Waals surface area (Å²) in [4.78, 5) is 0. The second-order valence-electron chi connectivity index (χ2n) is 10.6. The van der Waals surface area contributed by atoms with Gasteiger partial charge in [-0.25, -0.2) is 0 Å². The van der Waals surface area contributed by atoms with E-state index in [1.165, 1.54) is 0 Å². The molecular formula is C26H39NO3. The lowest BCUT2D eigenvalue weighted by molar-refractivity contribution is -0.0211. The lowest BCUT2D eigenvalue weighted by Gasteiger charge is -2.49. The fourth-order valence-electron chi connectivity index (χ4n) is 5.66. The number of phenols is 1. The van der Waals surface area contributed by atoms with Gasteiger partial charge in [0.2, 0.25) is 0 Å². The molecule has 166 valence electrons. The van der Waals surface area contributed by atoms with E-state index in [1.54, 1.807) is 0 Å². The minimum atomic E-state index is -0.270. The van der Waals surface area contributed by atoms with Crippen molar-refractivity contribution in [2.45, 2.75) is 102 Å². The van der Waals surface area contributed by atoms with Crippen LogP contribution in [0.3, 0.4) is 0 Å². The van der Waals surface area contributed by atoms with Crippen molar-refractivity contribution >= 4 is 0 Å². The van der Waals surface area contributed by atoms with Crippen molar-refractivity contribution in [2.24, 2.45) is 11.8 Å². The molecule has 1 aromatic rings. The molecule has 1 heterocycles. The predicted molar refractivity (Wildman–Crippen MR) is 120 cm³/mol. The predicted octanol–water partition coefficient (Wildman–Crippen LogP) is 6.20. The van der Waals surface area contributed by atoms with Crippen molar-refractivity contribution in [3.8, 4) is 17.6 Å². The summed E-state index contributed by atoms with van der Waals surface area (Å²) in [5.41, 5.74) is 1.76. The molecule has 4 heteroatoms. The molecule has 0 aromatic heterocycles. The van der Waals surface area contributed by atoms with Crippen LogP contribution in [0.25, 0.3) is 0 Å². The highest BCUT2D eigenvalue weighted by Gasteiger charge is 2.47. The summed E-state index contributed by atoms with van der Waals surface area (Å²) < 4.78 is 6.49. The normalized spacial score (nSPS) is 25.0. The Labute approximate surface area is 182 Å². The maximum absolute atomic E-state index is 11.1. The van der Waals surface area contributed by atoms with Crippen LogP contribution in [-0.2, 0) is 5.41 Å². The number of benzene rings is 1. The summed E-state index contributed by atoms with van der Waals surface area (Å²) >= 11 is 0. The van der Waals surface area contributed by atoms with Gasteiger partial charge in [0.05, 0.1) is 6.07 Å². The molecular weight excluding hydrogens is 374 g/mol. The molecule has 1 aromatic carbocycles. The number of nitriles is 1. The second-order valence-corrected chi connectivity index (χ2v) is 10.6. The topological polar surface area (TPSA) is 73.5 Å². The molecule has 0 radical (unpaired) electrons. The number of hydrogen-bond donors (Lipinski definition) is 2. The lowest BCUT2D eigenvalue weighted by atomic mass is 9.63. The molecule has 0 bridgehead atoms. The minimum absolute atomic E-state index is 0.0493. The highest BCUT2D eigenvalue weighted by molar-refractivity contribution is 5.53. The van der Waals surface area contributed by atoms with Crippen molar-refractivity contribution in [1.82, 2.24) is 0 Å². The van der Waals surface area contributed by atoms with Crippen molar-refractivity contribution < 1.29 is 14.9 Å². The number of ether oxygens (including phenoxy) is 1. The molecule has 1 aliphatic carbocycles. The Bertz CT molecular complexity index is 777. The maximum atomic E-state index is 11.1. The molecule has 1 aliphatic heterocycles. The first-order valence-corrected chi connectivity index (χ1v) is 11.7. The standard InChI is InChI=1S/C26H39NO3/c1-25(2,12-8-6-5-7-9-13-27)19-15-22(29)24-20-14-18(17-28)10-11-21(20)26(3,4)30-23(24)16-19/h15-16,18,20-21,28-29H,5-12,14,17H2,1-4H3/t18-,20-,21-/m1/s1. The van der Waals surface area contributed by atoms with E-state index >= 15 is 0 Å². The molecule has 0 spiro atoms. The first-order valence-electron chi connectivity index (χ1n) is 11.7. The van der Waals surface area contributed by atoms with Gasteiger partial charge in [0.15, 0.2) is 0 Å². The van der Waals surface area contributed by atoms with Crippen LogP contribution in [0.5, 0.6) is 11.5 Å². The van der Waals surface area contributed by atoms with Crippen molar-refractivity contribution in [3.63, 3.8) is 0 Å². The van der Waals surface area contributed by atoms with Gasteiger partial charge in [-0.1, -0.05) is 33.1 Å². The van der Waals surface area contributed by atoms with Crippen LogP contribution in [0.4, 0.5) is 0 Å². The molecule has 3 atom stereocenters. The quantitative estimate of drug-likeness (QED) is 0.498. The zero-order valence-corrected chi connectivity index (χ0v) is 19.2. The van der Waals surface area contributed by atoms with Crippen LogP contribution in [-0.4, -0.2) is 22.4 Å². The lowest BCUT2D eigenvalue weighted by Crippen LogP contribution is -2.47. The van der Waals surface area contributed by atoms with E-state index in [4.69, 9.17) is 10.00 Å². The monoisotopic (exact) mass is 413 g/mol. The summed E-state index contributed by atoms with van der Waals surface area (Å²) in [6.07, 6.45) is 9.00. The summed E-state index contributed by atoms with van der Waals surface area (Å²) in [5, 5.41) is 29.4. The van der Waals surface area contributed by atoms with Gasteiger partial charge < -0.3 is 14.9 Å². The van der Waals surface area contributed by atoms with Crippen molar-refractivity contribution in [3.05, 3.63) is 23.3 Å². The Morgan fingerprint density at radius 3 is 2.60 bits per heavy atom. The summed E-state index contributed by atoms with van der Waals surface area (Å²) in [7, 11) is 0. The van der Waals surface area contributed by atoms with Crippen molar-refractivity contribution in [1.29, 1.82) is 5.26 Å². The van der Waals surface area contributed by atoms with Gasteiger partial charge in [-0.15, -0.1) is 0 Å². The van der Waals surface area contributed by atoms with E-state index in [0.29, 0.717) is 24.0 Å². The fraction of sp³-hybridized carbons (Fsp3) is 0.731. The Morgan fingerprint density at radius 2 is 1.90 bits per heavy atom. The third kappa shape index (κ3) is 4.78. The Kier molecular flexibility index (Phi) is 7.02. The Balaban J connectivity index is 1.81. The molecule has 0 unspecified atom stereocenters. The van der Waals surface area contributed by atoms with Crippen LogP contribution in [0.15, 0.2) is 12.1 Å². The van der Waals surface area contributed by atoms with Gasteiger partial charge in [0, 0.05) is 24.5 Å². The zero-order valence-electron chi connectivity index (χ0n) is 19.2. The number of aliphatic hydroxyl groups is 1. The van der Waals surface area contributed by atoms with E-state index in [1.807, 2.05) is 6.07 Å². The second kappa shape index (κ2) is 9.18. The molecule has 1 fully saturated rings. The van der Waals surface area contributed by atoms with Crippen LogP contribution >= 0.6 is 0 Å². The molecule has 30 heavy (non-hydrogen) atoms. The van der Waals surface area contributed by atoms with Gasteiger partial charge in [0.25, 0.3) is 0 Å². The van der Waals surface area contributed by atoms with Gasteiger partial charge in [0.1, 0.15) is 17.1 Å². The number of phenolic OH excluding ortho intramolecular Hbond substituents is 1. The number of aliphatic hydroxyl groups excluding tert-OH is 1. The van der Waals surface area contributed by atoms with Crippen LogP contribution in [0.1, 0.15) is 103 Å². The SMILES string of the molecule is CC(C)(CCCCCCC#N)c1cc(O)c2c(c1)OC(C)(C)[C@@H]1CC[C@@H](CO)C[C@@H]21. The van der Waals surface area contributed by atoms with Gasteiger partial charge >= 0.3 is 0 Å². The van der Waals surface area contributed by atoms with Gasteiger partial charge in [-0.05, 0) is 80.9 Å². The first-order chi connectivity index (χ1) is 14.2. The van der Waals surface area contributed by atoms with Crippen LogP contribution in [0.2, 0.25) is 0 Å². The molecule has 2 aliphatic rings.